The molecule has 0 radical (unpaired) electrons. The summed E-state index contributed by atoms with van der Waals surface area (Å²) in [5, 5.41) is 15.8. The zero-order valence-electron chi connectivity index (χ0n) is 12.8. The van der Waals surface area contributed by atoms with Gasteiger partial charge >= 0.3 is 5.97 Å². The molecule has 23 heavy (non-hydrogen) atoms. The SMILES string of the molecule is COc1ccc(O)c(C(=O)O[C@@H](C)C(=O)Nc2cc(C)on2)c1. The second-order valence-corrected chi connectivity index (χ2v) is 4.74. The van der Waals surface area contributed by atoms with Gasteiger partial charge in [-0.1, -0.05) is 5.16 Å². The van der Waals surface area contributed by atoms with Crippen molar-refractivity contribution in [3.8, 4) is 11.5 Å². The molecule has 2 aromatic rings. The van der Waals surface area contributed by atoms with E-state index in [9.17, 15) is 14.7 Å². The van der Waals surface area contributed by atoms with E-state index >= 15 is 0 Å². The highest BCUT2D eigenvalue weighted by molar-refractivity contribution is 5.98. The molecule has 0 aliphatic rings. The maximum absolute atomic E-state index is 12.1. The molecule has 0 aliphatic heterocycles. The first-order valence-corrected chi connectivity index (χ1v) is 6.73. The fraction of sp³-hybridized carbons (Fsp3) is 0.267. The first-order chi connectivity index (χ1) is 10.9. The number of nitrogens with one attached hydrogen (secondary N) is 1. The van der Waals surface area contributed by atoms with E-state index in [2.05, 4.69) is 10.5 Å². The fourth-order valence-electron chi connectivity index (χ4n) is 1.74. The van der Waals surface area contributed by atoms with Gasteiger partial charge in [0.25, 0.3) is 5.91 Å². The summed E-state index contributed by atoms with van der Waals surface area (Å²) in [6.07, 6.45) is -1.09. The van der Waals surface area contributed by atoms with Crippen LogP contribution >= 0.6 is 0 Å². The van der Waals surface area contributed by atoms with Gasteiger partial charge in [0.15, 0.2) is 11.9 Å². The van der Waals surface area contributed by atoms with E-state index in [-0.39, 0.29) is 17.1 Å². The number of esters is 1. The van der Waals surface area contributed by atoms with E-state index in [4.69, 9.17) is 14.0 Å². The molecule has 0 bridgehead atoms. The van der Waals surface area contributed by atoms with Crippen LogP contribution in [0.25, 0.3) is 0 Å². The van der Waals surface area contributed by atoms with Crippen LogP contribution in [-0.4, -0.2) is 35.4 Å². The van der Waals surface area contributed by atoms with E-state index in [1.165, 1.54) is 38.3 Å². The average molecular weight is 320 g/mol. The van der Waals surface area contributed by atoms with Crippen LogP contribution in [0.3, 0.4) is 0 Å². The predicted molar refractivity (Wildman–Crippen MR) is 79.4 cm³/mol. The van der Waals surface area contributed by atoms with E-state index in [0.29, 0.717) is 11.5 Å². The molecule has 2 rings (SSSR count). The third-order valence-corrected chi connectivity index (χ3v) is 2.96. The van der Waals surface area contributed by atoms with Gasteiger partial charge in [-0.05, 0) is 32.0 Å². The Morgan fingerprint density at radius 2 is 2.09 bits per heavy atom. The smallest absolute Gasteiger partial charge is 0.342 e. The number of carbonyl (C=O) groups excluding carboxylic acids is 2. The number of amides is 1. The normalized spacial score (nSPS) is 11.6. The number of phenolic OH excluding ortho intramolecular Hbond substituents is 1. The van der Waals surface area contributed by atoms with Crippen molar-refractivity contribution in [2.24, 2.45) is 0 Å². The molecule has 1 amide bonds. The molecule has 1 aromatic heterocycles. The summed E-state index contributed by atoms with van der Waals surface area (Å²) in [6, 6.07) is 5.65. The molecule has 0 fully saturated rings. The minimum atomic E-state index is -1.09. The van der Waals surface area contributed by atoms with Gasteiger partial charge in [-0.3, -0.25) is 4.79 Å². The molecular weight excluding hydrogens is 304 g/mol. The highest BCUT2D eigenvalue weighted by atomic mass is 16.5. The molecule has 1 aromatic carbocycles. The molecule has 0 spiro atoms. The van der Waals surface area contributed by atoms with Crippen LogP contribution in [0.1, 0.15) is 23.0 Å². The van der Waals surface area contributed by atoms with Gasteiger partial charge in [0.1, 0.15) is 22.8 Å². The number of aromatic nitrogens is 1. The molecule has 8 nitrogen and oxygen atoms in total. The maximum atomic E-state index is 12.1. The minimum Gasteiger partial charge on any atom is -0.507 e. The van der Waals surface area contributed by atoms with Crippen molar-refractivity contribution < 1.29 is 28.7 Å². The number of hydrogen-bond acceptors (Lipinski definition) is 7. The maximum Gasteiger partial charge on any atom is 0.342 e. The molecule has 0 unspecified atom stereocenters. The topological polar surface area (TPSA) is 111 Å². The van der Waals surface area contributed by atoms with Crippen LogP contribution in [0.2, 0.25) is 0 Å². The summed E-state index contributed by atoms with van der Waals surface area (Å²) in [5.74, 6) is -0.555. The molecule has 1 atom stereocenters. The van der Waals surface area contributed by atoms with Gasteiger partial charge in [0, 0.05) is 6.07 Å². The van der Waals surface area contributed by atoms with E-state index in [1.807, 2.05) is 0 Å². The van der Waals surface area contributed by atoms with Crippen molar-refractivity contribution in [3.63, 3.8) is 0 Å². The standard InChI is InChI=1S/C15H16N2O6/c1-8-6-13(17-23-8)16-14(19)9(2)22-15(20)11-7-10(21-3)4-5-12(11)18/h4-7,9,18H,1-3H3,(H,16,17,19)/t9-/m0/s1. The Hall–Kier alpha value is -3.03. The quantitative estimate of drug-likeness (QED) is 0.809. The minimum absolute atomic E-state index is 0.0960. The summed E-state index contributed by atoms with van der Waals surface area (Å²) in [7, 11) is 1.43. The van der Waals surface area contributed by atoms with Crippen LogP contribution in [0.4, 0.5) is 5.82 Å². The highest BCUT2D eigenvalue weighted by Crippen LogP contribution is 2.24. The molecule has 0 saturated carbocycles. The largest absolute Gasteiger partial charge is 0.507 e. The Morgan fingerprint density at radius 3 is 2.70 bits per heavy atom. The lowest BCUT2D eigenvalue weighted by molar-refractivity contribution is -0.123. The molecule has 1 heterocycles. The molecule has 0 aliphatic carbocycles. The van der Waals surface area contributed by atoms with Crippen LogP contribution < -0.4 is 10.1 Å². The van der Waals surface area contributed by atoms with Crippen LogP contribution in [0.5, 0.6) is 11.5 Å². The number of aromatic hydroxyl groups is 1. The van der Waals surface area contributed by atoms with Crippen LogP contribution in [-0.2, 0) is 9.53 Å². The number of ether oxygens (including phenoxy) is 2. The lowest BCUT2D eigenvalue weighted by Crippen LogP contribution is -2.30. The molecule has 122 valence electrons. The first-order valence-electron chi connectivity index (χ1n) is 6.73. The van der Waals surface area contributed by atoms with Crippen molar-refractivity contribution in [1.29, 1.82) is 0 Å². The Bertz CT molecular complexity index is 725. The van der Waals surface area contributed by atoms with Crippen LogP contribution in [0.15, 0.2) is 28.8 Å². The third-order valence-electron chi connectivity index (χ3n) is 2.96. The highest BCUT2D eigenvalue weighted by Gasteiger charge is 2.22. The zero-order valence-corrected chi connectivity index (χ0v) is 12.8. The van der Waals surface area contributed by atoms with Crippen LogP contribution in [0, 0.1) is 6.92 Å². The van der Waals surface area contributed by atoms with E-state index in [0.717, 1.165) is 0 Å². The van der Waals surface area contributed by atoms with E-state index < -0.39 is 18.0 Å². The van der Waals surface area contributed by atoms with Crippen molar-refractivity contribution in [1.82, 2.24) is 5.16 Å². The second-order valence-electron chi connectivity index (χ2n) is 4.74. The van der Waals surface area contributed by atoms with Gasteiger partial charge in [-0.25, -0.2) is 4.79 Å². The third kappa shape index (κ3) is 4.00. The molecule has 8 heteroatoms. The summed E-state index contributed by atoms with van der Waals surface area (Å²) >= 11 is 0. The Balaban J connectivity index is 2.03. The number of anilines is 1. The molecule has 0 saturated heterocycles. The average Bonchev–Trinajstić information content (AvgIpc) is 2.92. The van der Waals surface area contributed by atoms with Gasteiger partial charge in [0.2, 0.25) is 0 Å². The number of hydrogen-bond donors (Lipinski definition) is 2. The fourth-order valence-corrected chi connectivity index (χ4v) is 1.74. The van der Waals surface area contributed by atoms with Gasteiger partial charge in [0.05, 0.1) is 7.11 Å². The van der Waals surface area contributed by atoms with Crippen molar-refractivity contribution >= 4 is 17.7 Å². The Kier molecular flexibility index (Phi) is 4.85. The number of aryl methyl sites for hydroxylation is 1. The Labute approximate surface area is 132 Å². The van der Waals surface area contributed by atoms with Crippen molar-refractivity contribution in [2.75, 3.05) is 12.4 Å². The number of benzene rings is 1. The summed E-state index contributed by atoms with van der Waals surface area (Å²) in [4.78, 5) is 24.0. The number of methoxy groups -OCH3 is 1. The lowest BCUT2D eigenvalue weighted by Gasteiger charge is -2.13. The van der Waals surface area contributed by atoms with E-state index in [1.54, 1.807) is 6.92 Å². The van der Waals surface area contributed by atoms with Crippen molar-refractivity contribution in [3.05, 3.63) is 35.6 Å². The first kappa shape index (κ1) is 16.3. The summed E-state index contributed by atoms with van der Waals surface area (Å²) in [6.45, 7) is 3.08. The zero-order chi connectivity index (χ0) is 17.0. The van der Waals surface area contributed by atoms with Gasteiger partial charge in [-0.2, -0.15) is 0 Å². The number of nitrogens with zero attached hydrogens (tertiary/aromatic N) is 1. The number of carbonyl (C=O) groups is 2. The molecule has 2 N–H and O–H groups in total. The van der Waals surface area contributed by atoms with Crippen molar-refractivity contribution in [2.45, 2.75) is 20.0 Å². The molecular formula is C15H16N2O6. The van der Waals surface area contributed by atoms with Gasteiger partial charge in [-0.15, -0.1) is 0 Å². The number of phenols is 1. The summed E-state index contributed by atoms with van der Waals surface area (Å²) < 4.78 is 14.8. The van der Waals surface area contributed by atoms with Gasteiger partial charge < -0.3 is 24.4 Å². The summed E-state index contributed by atoms with van der Waals surface area (Å²) in [5.41, 5.74) is -0.0960. The Morgan fingerprint density at radius 1 is 1.35 bits per heavy atom. The monoisotopic (exact) mass is 320 g/mol. The predicted octanol–water partition coefficient (Wildman–Crippen LogP) is 1.88. The second kappa shape index (κ2) is 6.82. The lowest BCUT2D eigenvalue weighted by atomic mass is 10.2. The number of rotatable bonds is 5.